The largest absolute Gasteiger partial charge is 0.310 e. The Balaban J connectivity index is 2.07. The Hall–Kier alpha value is -1.69. The van der Waals surface area contributed by atoms with Gasteiger partial charge in [-0.3, -0.25) is 4.68 Å². The van der Waals surface area contributed by atoms with Gasteiger partial charge in [-0.2, -0.15) is 10.2 Å². The number of aromatic nitrogens is 5. The number of rotatable bonds is 8. The van der Waals surface area contributed by atoms with Crippen molar-refractivity contribution in [3.05, 3.63) is 30.1 Å². The van der Waals surface area contributed by atoms with Crippen LogP contribution in [0.4, 0.5) is 0 Å². The van der Waals surface area contributed by atoms with Crippen molar-refractivity contribution in [1.29, 1.82) is 0 Å². The van der Waals surface area contributed by atoms with Crippen molar-refractivity contribution >= 4 is 0 Å². The Kier molecular flexibility index (Phi) is 5.50. The summed E-state index contributed by atoms with van der Waals surface area (Å²) in [5, 5.41) is 12.2. The predicted molar refractivity (Wildman–Crippen MR) is 82.9 cm³/mol. The van der Waals surface area contributed by atoms with Crippen LogP contribution >= 0.6 is 0 Å². The highest BCUT2D eigenvalue weighted by atomic mass is 15.4. The molecule has 0 aliphatic heterocycles. The van der Waals surface area contributed by atoms with Gasteiger partial charge in [0.15, 0.2) is 0 Å². The van der Waals surface area contributed by atoms with Crippen molar-refractivity contribution in [2.75, 3.05) is 6.54 Å². The maximum absolute atomic E-state index is 4.46. The van der Waals surface area contributed by atoms with Crippen molar-refractivity contribution < 1.29 is 0 Å². The minimum absolute atomic E-state index is 0.372. The molecule has 1 unspecified atom stereocenters. The van der Waals surface area contributed by atoms with E-state index in [1.54, 1.807) is 6.33 Å². The van der Waals surface area contributed by atoms with Crippen molar-refractivity contribution in [3.8, 4) is 0 Å². The molecule has 0 aromatic carbocycles. The lowest BCUT2D eigenvalue weighted by Gasteiger charge is -2.13. The summed E-state index contributed by atoms with van der Waals surface area (Å²) in [5.74, 6) is 1.51. The Labute approximate surface area is 126 Å². The average molecular weight is 290 g/mol. The third-order valence-electron chi connectivity index (χ3n) is 3.45. The fraction of sp³-hybridized carbons (Fsp3) is 0.667. The first kappa shape index (κ1) is 15.7. The molecule has 2 aromatic heterocycles. The molecule has 21 heavy (non-hydrogen) atoms. The van der Waals surface area contributed by atoms with Gasteiger partial charge in [0, 0.05) is 24.3 Å². The van der Waals surface area contributed by atoms with E-state index in [-0.39, 0.29) is 0 Å². The molecular weight excluding hydrogens is 264 g/mol. The summed E-state index contributed by atoms with van der Waals surface area (Å²) < 4.78 is 3.91. The van der Waals surface area contributed by atoms with Gasteiger partial charge in [0.25, 0.3) is 0 Å². The second kappa shape index (κ2) is 7.36. The molecule has 0 amide bonds. The minimum Gasteiger partial charge on any atom is -0.310 e. The van der Waals surface area contributed by atoms with Crippen molar-refractivity contribution in [2.45, 2.75) is 53.2 Å². The van der Waals surface area contributed by atoms with Gasteiger partial charge in [-0.25, -0.2) is 9.67 Å². The van der Waals surface area contributed by atoms with E-state index in [1.165, 1.54) is 5.56 Å². The molecule has 1 N–H and O–H groups in total. The summed E-state index contributed by atoms with van der Waals surface area (Å²) in [4.78, 5) is 4.35. The SMILES string of the molecule is CCNC(CC)c1cnn(Cc2ncnn2CC(C)C)c1. The highest BCUT2D eigenvalue weighted by Gasteiger charge is 2.12. The minimum atomic E-state index is 0.372. The van der Waals surface area contributed by atoms with Crippen LogP contribution in [0.5, 0.6) is 0 Å². The van der Waals surface area contributed by atoms with Crippen LogP contribution in [-0.4, -0.2) is 31.1 Å². The lowest BCUT2D eigenvalue weighted by Crippen LogP contribution is -2.19. The normalized spacial score (nSPS) is 13.0. The summed E-state index contributed by atoms with van der Waals surface area (Å²) in [6.07, 6.45) is 6.73. The van der Waals surface area contributed by atoms with E-state index in [4.69, 9.17) is 0 Å². The zero-order chi connectivity index (χ0) is 15.2. The molecule has 0 aliphatic rings. The van der Waals surface area contributed by atoms with Crippen LogP contribution in [0.15, 0.2) is 18.7 Å². The lowest BCUT2D eigenvalue weighted by molar-refractivity contribution is 0.456. The first-order valence-electron chi connectivity index (χ1n) is 7.76. The molecule has 116 valence electrons. The zero-order valence-corrected chi connectivity index (χ0v) is 13.5. The van der Waals surface area contributed by atoms with Gasteiger partial charge in [-0.15, -0.1) is 0 Å². The smallest absolute Gasteiger partial charge is 0.148 e. The maximum Gasteiger partial charge on any atom is 0.148 e. The molecule has 2 rings (SSSR count). The quantitative estimate of drug-likeness (QED) is 0.810. The third-order valence-corrected chi connectivity index (χ3v) is 3.45. The number of nitrogens with zero attached hydrogens (tertiary/aromatic N) is 5. The third kappa shape index (κ3) is 4.14. The molecule has 0 aliphatic carbocycles. The molecule has 0 fully saturated rings. The van der Waals surface area contributed by atoms with E-state index in [9.17, 15) is 0 Å². The fourth-order valence-corrected chi connectivity index (χ4v) is 2.44. The highest BCUT2D eigenvalue weighted by molar-refractivity contribution is 5.10. The number of hydrogen-bond acceptors (Lipinski definition) is 4. The molecule has 6 nitrogen and oxygen atoms in total. The Morgan fingerprint density at radius 2 is 2.05 bits per heavy atom. The molecule has 0 radical (unpaired) electrons. The second-order valence-electron chi connectivity index (χ2n) is 5.74. The van der Waals surface area contributed by atoms with Crippen LogP contribution in [0, 0.1) is 5.92 Å². The van der Waals surface area contributed by atoms with E-state index in [2.05, 4.69) is 54.4 Å². The van der Waals surface area contributed by atoms with Gasteiger partial charge in [0.2, 0.25) is 0 Å². The van der Waals surface area contributed by atoms with Crippen molar-refractivity contribution in [2.24, 2.45) is 5.92 Å². The summed E-state index contributed by atoms with van der Waals surface area (Å²) in [7, 11) is 0. The lowest BCUT2D eigenvalue weighted by atomic mass is 10.1. The summed E-state index contributed by atoms with van der Waals surface area (Å²) >= 11 is 0. The van der Waals surface area contributed by atoms with E-state index < -0.39 is 0 Å². The first-order chi connectivity index (χ1) is 10.1. The van der Waals surface area contributed by atoms with Crippen LogP contribution in [0.25, 0.3) is 0 Å². The Morgan fingerprint density at radius 1 is 1.24 bits per heavy atom. The zero-order valence-electron chi connectivity index (χ0n) is 13.5. The van der Waals surface area contributed by atoms with Gasteiger partial charge in [0.05, 0.1) is 6.20 Å². The second-order valence-corrected chi connectivity index (χ2v) is 5.74. The number of hydrogen-bond donors (Lipinski definition) is 1. The van der Waals surface area contributed by atoms with Gasteiger partial charge in [0.1, 0.15) is 18.7 Å². The standard InChI is InChI=1S/C15H26N6/c1-5-14(16-6-2)13-7-18-20(9-13)10-15-17-11-19-21(15)8-12(3)4/h7,9,11-12,14,16H,5-6,8,10H2,1-4H3. The maximum atomic E-state index is 4.46. The predicted octanol–water partition coefficient (Wildman–Crippen LogP) is 2.24. The van der Waals surface area contributed by atoms with Gasteiger partial charge in [-0.05, 0) is 18.9 Å². The van der Waals surface area contributed by atoms with E-state index in [1.807, 2.05) is 15.6 Å². The van der Waals surface area contributed by atoms with Gasteiger partial charge >= 0.3 is 0 Å². The molecule has 0 bridgehead atoms. The van der Waals surface area contributed by atoms with Crippen molar-refractivity contribution in [1.82, 2.24) is 29.9 Å². The summed E-state index contributed by atoms with van der Waals surface area (Å²) in [6, 6.07) is 0.372. The van der Waals surface area contributed by atoms with Crippen LogP contribution in [0.1, 0.15) is 51.5 Å². The van der Waals surface area contributed by atoms with Gasteiger partial charge in [-0.1, -0.05) is 27.7 Å². The molecule has 0 spiro atoms. The van der Waals surface area contributed by atoms with E-state index >= 15 is 0 Å². The van der Waals surface area contributed by atoms with Crippen LogP contribution in [0.2, 0.25) is 0 Å². The van der Waals surface area contributed by atoms with Crippen LogP contribution < -0.4 is 5.32 Å². The molecule has 1 atom stereocenters. The van der Waals surface area contributed by atoms with E-state index in [0.717, 1.165) is 25.3 Å². The van der Waals surface area contributed by atoms with Crippen LogP contribution in [0.3, 0.4) is 0 Å². The Morgan fingerprint density at radius 3 is 2.71 bits per heavy atom. The van der Waals surface area contributed by atoms with Gasteiger partial charge < -0.3 is 5.32 Å². The fourth-order valence-electron chi connectivity index (χ4n) is 2.44. The average Bonchev–Trinajstić information content (AvgIpc) is 3.06. The first-order valence-corrected chi connectivity index (χ1v) is 7.76. The molecule has 2 heterocycles. The molecule has 6 heteroatoms. The molecular formula is C15H26N6. The highest BCUT2D eigenvalue weighted by Crippen LogP contribution is 2.15. The topological polar surface area (TPSA) is 60.6 Å². The summed E-state index contributed by atoms with van der Waals surface area (Å²) in [5.41, 5.74) is 1.23. The summed E-state index contributed by atoms with van der Waals surface area (Å²) in [6.45, 7) is 11.2. The monoisotopic (exact) mass is 290 g/mol. The molecule has 2 aromatic rings. The van der Waals surface area contributed by atoms with Crippen molar-refractivity contribution in [3.63, 3.8) is 0 Å². The molecule has 0 saturated carbocycles. The van der Waals surface area contributed by atoms with E-state index in [0.29, 0.717) is 18.5 Å². The van der Waals surface area contributed by atoms with Crippen LogP contribution in [-0.2, 0) is 13.1 Å². The Bertz CT molecular complexity index is 542. The number of nitrogens with one attached hydrogen (secondary N) is 1. The molecule has 0 saturated heterocycles.